The van der Waals surface area contributed by atoms with Gasteiger partial charge in [-0.15, -0.1) is 0 Å². The second kappa shape index (κ2) is 10.8. The number of likely N-dealkylation sites (N-methyl/N-ethyl adjacent to an activating group) is 2. The van der Waals surface area contributed by atoms with Crippen molar-refractivity contribution in [3.63, 3.8) is 0 Å². The zero-order valence-corrected chi connectivity index (χ0v) is 23.0. The van der Waals surface area contributed by atoms with E-state index in [0.717, 1.165) is 87.1 Å². The van der Waals surface area contributed by atoms with E-state index in [9.17, 15) is 0 Å². The molecule has 0 spiro atoms. The molecule has 6 heteroatoms. The van der Waals surface area contributed by atoms with Crippen LogP contribution in [0.4, 0.5) is 22.7 Å². The summed E-state index contributed by atoms with van der Waals surface area (Å²) in [4.78, 5) is 14.9. The third kappa shape index (κ3) is 5.29. The van der Waals surface area contributed by atoms with Crippen molar-refractivity contribution in [1.29, 1.82) is 0 Å². The molecule has 3 heterocycles. The molecule has 0 bridgehead atoms. The van der Waals surface area contributed by atoms with Crippen LogP contribution in [0.3, 0.4) is 0 Å². The van der Waals surface area contributed by atoms with Crippen molar-refractivity contribution in [2.24, 2.45) is 0 Å². The van der Waals surface area contributed by atoms with Gasteiger partial charge in [0.25, 0.3) is 0 Å². The quantitative estimate of drug-likeness (QED) is 0.490. The molecule has 0 amide bonds. The molecule has 6 rings (SSSR count). The Morgan fingerprint density at radius 3 is 1.87 bits per heavy atom. The van der Waals surface area contributed by atoms with Crippen LogP contribution in [0.25, 0.3) is 17.3 Å². The molecule has 1 atom stereocenters. The first-order chi connectivity index (χ1) is 18.5. The lowest BCUT2D eigenvalue weighted by Gasteiger charge is -2.34. The van der Waals surface area contributed by atoms with Gasteiger partial charge in [-0.25, -0.2) is 4.98 Å². The van der Waals surface area contributed by atoms with E-state index >= 15 is 0 Å². The van der Waals surface area contributed by atoms with Crippen LogP contribution in [-0.2, 0) is 0 Å². The third-order valence-electron chi connectivity index (χ3n) is 8.39. The summed E-state index contributed by atoms with van der Waals surface area (Å²) >= 11 is 0. The maximum absolute atomic E-state index is 5.11. The summed E-state index contributed by atoms with van der Waals surface area (Å²) in [6, 6.07) is 20.1. The molecule has 198 valence electrons. The average molecular weight is 509 g/mol. The van der Waals surface area contributed by atoms with E-state index in [0.29, 0.717) is 5.92 Å². The van der Waals surface area contributed by atoms with E-state index in [2.05, 4.69) is 113 Å². The van der Waals surface area contributed by atoms with Gasteiger partial charge in [-0.2, -0.15) is 0 Å². The highest BCUT2D eigenvalue weighted by molar-refractivity contribution is 5.77. The van der Waals surface area contributed by atoms with Gasteiger partial charge >= 0.3 is 0 Å². The molecule has 2 fully saturated rings. The van der Waals surface area contributed by atoms with Crippen molar-refractivity contribution in [2.45, 2.75) is 19.3 Å². The van der Waals surface area contributed by atoms with Gasteiger partial charge in [0.15, 0.2) is 0 Å². The summed E-state index contributed by atoms with van der Waals surface area (Å²) < 4.78 is 0. The SMILES string of the molecule is CC1CC=Cc2nc(-c3ccc(N4CCN(C)CC4)cc3)cc(Nc3ccc(N4CCN(C)CC4)cc3)c21. The number of piperazine rings is 2. The second-order valence-corrected chi connectivity index (χ2v) is 11.2. The van der Waals surface area contributed by atoms with Gasteiger partial charge in [0, 0.05) is 86.2 Å². The molecule has 38 heavy (non-hydrogen) atoms. The van der Waals surface area contributed by atoms with Crippen molar-refractivity contribution in [2.75, 3.05) is 81.6 Å². The van der Waals surface area contributed by atoms with Crippen molar-refractivity contribution in [3.8, 4) is 11.3 Å². The molecule has 0 saturated carbocycles. The van der Waals surface area contributed by atoms with Gasteiger partial charge in [0.05, 0.1) is 11.4 Å². The van der Waals surface area contributed by atoms with Gasteiger partial charge in [0.2, 0.25) is 0 Å². The Morgan fingerprint density at radius 1 is 0.737 bits per heavy atom. The minimum absolute atomic E-state index is 0.434. The second-order valence-electron chi connectivity index (χ2n) is 11.2. The van der Waals surface area contributed by atoms with Gasteiger partial charge in [-0.05, 0) is 75.0 Å². The van der Waals surface area contributed by atoms with Crippen molar-refractivity contribution in [1.82, 2.24) is 14.8 Å². The number of hydrogen-bond acceptors (Lipinski definition) is 6. The van der Waals surface area contributed by atoms with Gasteiger partial charge < -0.3 is 24.9 Å². The summed E-state index contributed by atoms with van der Waals surface area (Å²) in [5.41, 5.74) is 9.46. The summed E-state index contributed by atoms with van der Waals surface area (Å²) in [6.45, 7) is 11.1. The number of nitrogens with zero attached hydrogens (tertiary/aromatic N) is 5. The predicted molar refractivity (Wildman–Crippen MR) is 161 cm³/mol. The molecule has 3 aliphatic rings. The van der Waals surface area contributed by atoms with Gasteiger partial charge in [-0.3, -0.25) is 0 Å². The van der Waals surface area contributed by atoms with Crippen LogP contribution in [-0.4, -0.2) is 81.2 Å². The Kier molecular flexibility index (Phi) is 7.09. The molecule has 1 aliphatic carbocycles. The fraction of sp³-hybridized carbons (Fsp3) is 0.406. The van der Waals surface area contributed by atoms with E-state index in [4.69, 9.17) is 4.98 Å². The monoisotopic (exact) mass is 508 g/mol. The predicted octanol–water partition coefficient (Wildman–Crippen LogP) is 5.52. The summed E-state index contributed by atoms with van der Waals surface area (Å²) in [5.74, 6) is 0.434. The third-order valence-corrected chi connectivity index (χ3v) is 8.39. The van der Waals surface area contributed by atoms with Crippen LogP contribution in [0.2, 0.25) is 0 Å². The Hall–Kier alpha value is -3.35. The molecule has 2 aromatic carbocycles. The first-order valence-electron chi connectivity index (χ1n) is 14.1. The van der Waals surface area contributed by atoms with Crippen molar-refractivity contribution < 1.29 is 0 Å². The number of benzene rings is 2. The fourth-order valence-electron chi connectivity index (χ4n) is 5.86. The molecule has 2 aliphatic heterocycles. The number of fused-ring (bicyclic) bond motifs is 1. The van der Waals surface area contributed by atoms with Crippen LogP contribution < -0.4 is 15.1 Å². The molecular weight excluding hydrogens is 468 g/mol. The minimum Gasteiger partial charge on any atom is -0.369 e. The highest BCUT2D eigenvalue weighted by atomic mass is 15.3. The number of allylic oxidation sites excluding steroid dienone is 1. The number of rotatable bonds is 5. The maximum atomic E-state index is 5.11. The summed E-state index contributed by atoms with van der Waals surface area (Å²) in [6.07, 6.45) is 5.50. The lowest BCUT2D eigenvalue weighted by atomic mass is 9.89. The fourth-order valence-corrected chi connectivity index (χ4v) is 5.86. The average Bonchev–Trinajstić information content (AvgIpc) is 2.94. The summed E-state index contributed by atoms with van der Waals surface area (Å²) in [5, 5.41) is 3.76. The van der Waals surface area contributed by atoms with Crippen LogP contribution in [0, 0.1) is 0 Å². The summed E-state index contributed by atoms with van der Waals surface area (Å²) in [7, 11) is 4.40. The van der Waals surface area contributed by atoms with Crippen LogP contribution >= 0.6 is 0 Å². The topological polar surface area (TPSA) is 37.9 Å². The Bertz CT molecular complexity index is 1270. The van der Waals surface area contributed by atoms with E-state index < -0.39 is 0 Å². The van der Waals surface area contributed by atoms with Crippen LogP contribution in [0.5, 0.6) is 0 Å². The molecule has 1 unspecified atom stereocenters. The van der Waals surface area contributed by atoms with Crippen molar-refractivity contribution in [3.05, 3.63) is 71.9 Å². The number of anilines is 4. The lowest BCUT2D eigenvalue weighted by molar-refractivity contribution is 0.313. The first-order valence-corrected chi connectivity index (χ1v) is 14.1. The van der Waals surface area contributed by atoms with Gasteiger partial charge in [0.1, 0.15) is 0 Å². The number of pyridine rings is 1. The standard InChI is InChI=1S/C32H40N6/c1-24-5-4-6-29-32(24)31(33-26-9-13-28(14-10-26)38-21-17-36(3)18-22-38)23-30(34-29)25-7-11-27(12-8-25)37-19-15-35(2)16-20-37/h4,6-14,23-24H,5,15-22H2,1-3H3,(H,33,34). The lowest BCUT2D eigenvalue weighted by Crippen LogP contribution is -2.44. The zero-order valence-electron chi connectivity index (χ0n) is 23.0. The Balaban J connectivity index is 1.25. The van der Waals surface area contributed by atoms with E-state index in [1.165, 1.54) is 16.9 Å². The zero-order chi connectivity index (χ0) is 26.1. The van der Waals surface area contributed by atoms with Crippen LogP contribution in [0.1, 0.15) is 30.5 Å². The number of nitrogens with one attached hydrogen (secondary N) is 1. The minimum atomic E-state index is 0.434. The molecular formula is C32H40N6. The van der Waals surface area contributed by atoms with Gasteiger partial charge in [-0.1, -0.05) is 25.1 Å². The maximum Gasteiger partial charge on any atom is 0.0730 e. The smallest absolute Gasteiger partial charge is 0.0730 e. The van der Waals surface area contributed by atoms with Crippen LogP contribution in [0.15, 0.2) is 60.7 Å². The van der Waals surface area contributed by atoms with Crippen molar-refractivity contribution >= 4 is 28.8 Å². The normalized spacial score (nSPS) is 20.4. The molecule has 1 aromatic heterocycles. The van der Waals surface area contributed by atoms with E-state index in [1.54, 1.807) is 0 Å². The molecule has 2 saturated heterocycles. The first kappa shape index (κ1) is 25.0. The van der Waals surface area contributed by atoms with E-state index in [-0.39, 0.29) is 0 Å². The molecule has 1 N–H and O–H groups in total. The molecule has 0 radical (unpaired) electrons. The number of hydrogen-bond donors (Lipinski definition) is 1. The molecule has 6 nitrogen and oxygen atoms in total. The highest BCUT2D eigenvalue weighted by Crippen LogP contribution is 2.38. The number of aromatic nitrogens is 1. The Morgan fingerprint density at radius 2 is 1.29 bits per heavy atom. The van der Waals surface area contributed by atoms with E-state index in [1.807, 2.05) is 0 Å². The Labute approximate surface area is 227 Å². The highest BCUT2D eigenvalue weighted by Gasteiger charge is 2.21. The largest absolute Gasteiger partial charge is 0.369 e. The molecule has 3 aromatic rings.